The number of carbonyl (C=O) groups is 1. The lowest BCUT2D eigenvalue weighted by molar-refractivity contribution is -0.107. The number of rotatable bonds is 2. The number of hydrogen-bond acceptors (Lipinski definition) is 5. The maximum Gasteiger partial charge on any atom is 0.246 e. The maximum atomic E-state index is 12.2. The molecular weight excluding hydrogens is 300 g/mol. The predicted molar refractivity (Wildman–Crippen MR) is 93.7 cm³/mol. The SMILES string of the molecule is CCSC1=NC(=C2C=Cc3ccccc3N2CC)C(=O)S1. The lowest BCUT2D eigenvalue weighted by atomic mass is 10.1. The smallest absolute Gasteiger partial charge is 0.246 e. The first-order valence-corrected chi connectivity index (χ1v) is 8.77. The zero-order chi connectivity index (χ0) is 14.8. The predicted octanol–water partition coefficient (Wildman–Crippen LogP) is 4.13. The van der Waals surface area contributed by atoms with Crippen molar-refractivity contribution in [3.63, 3.8) is 0 Å². The summed E-state index contributed by atoms with van der Waals surface area (Å²) in [4.78, 5) is 18.9. The van der Waals surface area contributed by atoms with Crippen molar-refractivity contribution in [2.75, 3.05) is 17.2 Å². The zero-order valence-electron chi connectivity index (χ0n) is 12.0. The minimum Gasteiger partial charge on any atom is -0.339 e. The second-order valence-corrected chi connectivity index (χ2v) is 7.04. The summed E-state index contributed by atoms with van der Waals surface area (Å²) in [6, 6.07) is 8.22. The molecule has 0 saturated heterocycles. The molecular formula is C16H16N2OS2. The number of hydrogen-bond donors (Lipinski definition) is 0. The molecule has 5 heteroatoms. The molecule has 108 valence electrons. The Labute approximate surface area is 133 Å². The van der Waals surface area contributed by atoms with Crippen molar-refractivity contribution in [2.45, 2.75) is 13.8 Å². The van der Waals surface area contributed by atoms with Gasteiger partial charge in [0.05, 0.1) is 5.70 Å². The summed E-state index contributed by atoms with van der Waals surface area (Å²) in [5.41, 5.74) is 3.78. The normalized spacial score (nSPS) is 20.8. The van der Waals surface area contributed by atoms with E-state index < -0.39 is 0 Å². The molecule has 0 atom stereocenters. The van der Waals surface area contributed by atoms with Gasteiger partial charge in [0.1, 0.15) is 10.1 Å². The average molecular weight is 316 g/mol. The van der Waals surface area contributed by atoms with Gasteiger partial charge in [0.2, 0.25) is 5.12 Å². The number of para-hydroxylation sites is 1. The van der Waals surface area contributed by atoms with Gasteiger partial charge >= 0.3 is 0 Å². The Hall–Kier alpha value is -1.46. The third-order valence-electron chi connectivity index (χ3n) is 3.34. The summed E-state index contributed by atoms with van der Waals surface area (Å²) in [5.74, 6) is 0.928. The number of thioether (sulfide) groups is 2. The van der Waals surface area contributed by atoms with Crippen LogP contribution in [0.2, 0.25) is 0 Å². The number of allylic oxidation sites excluding steroid dienone is 1. The first kappa shape index (κ1) is 14.5. The van der Waals surface area contributed by atoms with Crippen molar-refractivity contribution in [1.82, 2.24) is 0 Å². The van der Waals surface area contributed by atoms with E-state index >= 15 is 0 Å². The summed E-state index contributed by atoms with van der Waals surface area (Å²) in [5, 5.41) is 0.0448. The highest BCUT2D eigenvalue weighted by molar-refractivity contribution is 8.45. The summed E-state index contributed by atoms with van der Waals surface area (Å²) in [7, 11) is 0. The van der Waals surface area contributed by atoms with Crippen LogP contribution < -0.4 is 4.90 Å². The standard InChI is InChI=1S/C16H16N2OS2/c1-3-18-12-8-6-5-7-11(12)9-10-13(18)14-15(19)21-16(17-14)20-4-2/h5-10H,3-4H2,1-2H3. The number of nitrogens with zero attached hydrogens (tertiary/aromatic N) is 2. The van der Waals surface area contributed by atoms with Gasteiger partial charge in [-0.05, 0) is 42.1 Å². The van der Waals surface area contributed by atoms with E-state index in [1.807, 2.05) is 18.2 Å². The van der Waals surface area contributed by atoms with Crippen LogP contribution in [0.5, 0.6) is 0 Å². The van der Waals surface area contributed by atoms with E-state index in [2.05, 4.69) is 41.9 Å². The van der Waals surface area contributed by atoms with Crippen LogP contribution in [0.4, 0.5) is 5.69 Å². The molecule has 2 aliphatic rings. The number of fused-ring (bicyclic) bond motifs is 1. The van der Waals surface area contributed by atoms with Crippen molar-refractivity contribution < 1.29 is 4.79 Å². The lowest BCUT2D eigenvalue weighted by Crippen LogP contribution is -2.25. The van der Waals surface area contributed by atoms with E-state index in [1.165, 1.54) is 17.3 Å². The van der Waals surface area contributed by atoms with Gasteiger partial charge in [-0.1, -0.05) is 43.0 Å². The third-order valence-corrected chi connectivity index (χ3v) is 5.22. The van der Waals surface area contributed by atoms with E-state index in [4.69, 9.17) is 0 Å². The Morgan fingerprint density at radius 1 is 1.24 bits per heavy atom. The van der Waals surface area contributed by atoms with Crippen LogP contribution in [0.3, 0.4) is 0 Å². The van der Waals surface area contributed by atoms with E-state index in [1.54, 1.807) is 11.8 Å². The molecule has 0 saturated carbocycles. The molecule has 0 bridgehead atoms. The number of anilines is 1. The molecule has 1 aromatic carbocycles. The molecule has 0 aromatic heterocycles. The molecule has 0 amide bonds. The first-order valence-electron chi connectivity index (χ1n) is 6.97. The van der Waals surface area contributed by atoms with Crippen LogP contribution >= 0.6 is 23.5 Å². The monoisotopic (exact) mass is 316 g/mol. The van der Waals surface area contributed by atoms with Gasteiger partial charge in [0.25, 0.3) is 0 Å². The first-order chi connectivity index (χ1) is 10.2. The highest BCUT2D eigenvalue weighted by Crippen LogP contribution is 2.37. The Morgan fingerprint density at radius 2 is 2.05 bits per heavy atom. The highest BCUT2D eigenvalue weighted by Gasteiger charge is 2.28. The van der Waals surface area contributed by atoms with Gasteiger partial charge in [0.15, 0.2) is 0 Å². The lowest BCUT2D eigenvalue weighted by Gasteiger charge is -2.29. The molecule has 0 unspecified atom stereocenters. The van der Waals surface area contributed by atoms with Crippen LogP contribution in [0, 0.1) is 0 Å². The third kappa shape index (κ3) is 2.68. The van der Waals surface area contributed by atoms with Crippen LogP contribution in [0.1, 0.15) is 19.4 Å². The average Bonchev–Trinajstić information content (AvgIpc) is 2.87. The van der Waals surface area contributed by atoms with Gasteiger partial charge in [-0.15, -0.1) is 0 Å². The molecule has 0 fully saturated rings. The van der Waals surface area contributed by atoms with E-state index in [-0.39, 0.29) is 5.12 Å². The van der Waals surface area contributed by atoms with Gasteiger partial charge < -0.3 is 4.90 Å². The molecule has 0 N–H and O–H groups in total. The number of likely N-dealkylation sites (N-methyl/N-ethyl adjacent to an activating group) is 1. The second kappa shape index (κ2) is 6.12. The van der Waals surface area contributed by atoms with Crippen LogP contribution in [-0.4, -0.2) is 21.8 Å². The summed E-state index contributed by atoms with van der Waals surface area (Å²) in [6.45, 7) is 4.97. The number of benzene rings is 1. The fourth-order valence-corrected chi connectivity index (χ4v) is 4.21. The van der Waals surface area contributed by atoms with Crippen molar-refractivity contribution in [3.8, 4) is 0 Å². The summed E-state index contributed by atoms with van der Waals surface area (Å²) in [6.07, 6.45) is 4.06. The fraction of sp³-hybridized carbons (Fsp3) is 0.250. The molecule has 0 spiro atoms. The molecule has 0 radical (unpaired) electrons. The maximum absolute atomic E-state index is 12.2. The second-order valence-electron chi connectivity index (χ2n) is 4.57. The Kier molecular flexibility index (Phi) is 4.22. The van der Waals surface area contributed by atoms with Crippen molar-refractivity contribution in [1.29, 1.82) is 0 Å². The largest absolute Gasteiger partial charge is 0.339 e. The minimum absolute atomic E-state index is 0.0448. The quantitative estimate of drug-likeness (QED) is 0.768. The van der Waals surface area contributed by atoms with Gasteiger partial charge in [-0.2, -0.15) is 0 Å². The summed E-state index contributed by atoms with van der Waals surface area (Å²) >= 11 is 2.86. The van der Waals surface area contributed by atoms with Crippen molar-refractivity contribution in [3.05, 3.63) is 47.3 Å². The molecule has 3 nitrogen and oxygen atoms in total. The van der Waals surface area contributed by atoms with Gasteiger partial charge in [-0.3, -0.25) is 4.79 Å². The summed E-state index contributed by atoms with van der Waals surface area (Å²) < 4.78 is 0.855. The Bertz CT molecular complexity index is 677. The van der Waals surface area contributed by atoms with E-state index in [9.17, 15) is 4.79 Å². The van der Waals surface area contributed by atoms with Crippen molar-refractivity contribution in [2.24, 2.45) is 4.99 Å². The zero-order valence-corrected chi connectivity index (χ0v) is 13.6. The van der Waals surface area contributed by atoms with Crippen LogP contribution in [-0.2, 0) is 4.79 Å². The molecule has 21 heavy (non-hydrogen) atoms. The number of aliphatic imine (C=N–C) groups is 1. The van der Waals surface area contributed by atoms with Crippen LogP contribution in [0.25, 0.3) is 6.08 Å². The Balaban J connectivity index is 2.07. The topological polar surface area (TPSA) is 32.7 Å². The molecule has 2 aliphatic heterocycles. The van der Waals surface area contributed by atoms with E-state index in [0.29, 0.717) is 5.70 Å². The molecule has 0 aliphatic carbocycles. The van der Waals surface area contributed by atoms with Crippen molar-refractivity contribution >= 4 is 44.8 Å². The van der Waals surface area contributed by atoms with Gasteiger partial charge in [0, 0.05) is 12.2 Å². The van der Waals surface area contributed by atoms with Gasteiger partial charge in [-0.25, -0.2) is 4.99 Å². The minimum atomic E-state index is 0.0448. The fourth-order valence-electron chi connectivity index (χ4n) is 2.44. The van der Waals surface area contributed by atoms with Crippen LogP contribution in [0.15, 0.2) is 46.7 Å². The van der Waals surface area contributed by atoms with E-state index in [0.717, 1.165) is 28.1 Å². The molecule has 3 rings (SSSR count). The highest BCUT2D eigenvalue weighted by atomic mass is 32.2. The Morgan fingerprint density at radius 3 is 2.81 bits per heavy atom. The molecule has 2 heterocycles. The number of carbonyl (C=O) groups excluding carboxylic acids is 1. The molecule has 1 aromatic rings.